The van der Waals surface area contributed by atoms with Crippen molar-refractivity contribution in [2.75, 3.05) is 19.6 Å². The lowest BCUT2D eigenvalue weighted by atomic mass is 10.1. The van der Waals surface area contributed by atoms with E-state index >= 15 is 0 Å². The standard InChI is InChI=1S/C16H19Cl2N5O/c17-13-3-1-2-11(15(13)18)4-9-20-16(24)14-10-23(22-21-14)12-5-7-19-8-6-12/h1-3,10,12,19H,4-9H2,(H,20,24). The molecule has 24 heavy (non-hydrogen) atoms. The smallest absolute Gasteiger partial charge is 0.273 e. The third-order valence-electron chi connectivity index (χ3n) is 4.14. The molecule has 8 heteroatoms. The van der Waals surface area contributed by atoms with Gasteiger partial charge in [0.15, 0.2) is 5.69 Å². The number of halogens is 2. The van der Waals surface area contributed by atoms with Crippen molar-refractivity contribution in [3.63, 3.8) is 0 Å². The largest absolute Gasteiger partial charge is 0.350 e. The summed E-state index contributed by atoms with van der Waals surface area (Å²) >= 11 is 12.1. The van der Waals surface area contributed by atoms with E-state index in [0.717, 1.165) is 31.5 Å². The molecule has 3 rings (SSSR count). The lowest BCUT2D eigenvalue weighted by Crippen LogP contribution is -2.29. The molecule has 0 unspecified atom stereocenters. The number of piperidine rings is 1. The van der Waals surface area contributed by atoms with Crippen molar-refractivity contribution in [2.45, 2.75) is 25.3 Å². The van der Waals surface area contributed by atoms with Crippen LogP contribution in [0.3, 0.4) is 0 Å². The Bertz CT molecular complexity index is 712. The van der Waals surface area contributed by atoms with E-state index in [1.807, 2.05) is 12.1 Å². The molecule has 6 nitrogen and oxygen atoms in total. The second-order valence-corrected chi connectivity index (χ2v) is 6.57. The normalized spacial score (nSPS) is 15.4. The van der Waals surface area contributed by atoms with Crippen LogP contribution in [0.2, 0.25) is 10.0 Å². The molecule has 0 saturated carbocycles. The van der Waals surface area contributed by atoms with E-state index in [9.17, 15) is 4.79 Å². The van der Waals surface area contributed by atoms with Crippen LogP contribution in [0.4, 0.5) is 0 Å². The molecule has 1 fully saturated rings. The van der Waals surface area contributed by atoms with Crippen LogP contribution in [0.15, 0.2) is 24.4 Å². The Labute approximate surface area is 150 Å². The summed E-state index contributed by atoms with van der Waals surface area (Å²) in [5.74, 6) is -0.228. The van der Waals surface area contributed by atoms with Crippen LogP contribution in [-0.4, -0.2) is 40.5 Å². The summed E-state index contributed by atoms with van der Waals surface area (Å²) in [5, 5.41) is 15.3. The van der Waals surface area contributed by atoms with Crippen molar-refractivity contribution in [3.05, 3.63) is 45.7 Å². The number of hydrogen-bond acceptors (Lipinski definition) is 4. The number of benzene rings is 1. The first-order chi connectivity index (χ1) is 11.6. The average molecular weight is 368 g/mol. The molecule has 0 spiro atoms. The molecule has 1 aromatic heterocycles. The number of aromatic nitrogens is 3. The van der Waals surface area contributed by atoms with Crippen LogP contribution < -0.4 is 10.6 Å². The Morgan fingerprint density at radius 3 is 2.92 bits per heavy atom. The maximum absolute atomic E-state index is 12.2. The Kier molecular flexibility index (Phi) is 5.71. The first-order valence-corrected chi connectivity index (χ1v) is 8.74. The van der Waals surface area contributed by atoms with Gasteiger partial charge in [-0.15, -0.1) is 5.10 Å². The summed E-state index contributed by atoms with van der Waals surface area (Å²) in [7, 11) is 0. The number of amides is 1. The number of carbonyl (C=O) groups is 1. The van der Waals surface area contributed by atoms with Gasteiger partial charge in [0.25, 0.3) is 5.91 Å². The van der Waals surface area contributed by atoms with Gasteiger partial charge < -0.3 is 10.6 Å². The highest BCUT2D eigenvalue weighted by Crippen LogP contribution is 2.25. The number of rotatable bonds is 5. The van der Waals surface area contributed by atoms with Gasteiger partial charge in [-0.25, -0.2) is 4.68 Å². The molecule has 1 aliphatic heterocycles. The monoisotopic (exact) mass is 367 g/mol. The van der Waals surface area contributed by atoms with Crippen LogP contribution >= 0.6 is 23.2 Å². The molecule has 2 N–H and O–H groups in total. The summed E-state index contributed by atoms with van der Waals surface area (Å²) in [5.41, 5.74) is 1.24. The molecule has 2 aromatic rings. The minimum absolute atomic E-state index is 0.228. The number of hydrogen-bond donors (Lipinski definition) is 2. The Hall–Kier alpha value is -1.63. The van der Waals surface area contributed by atoms with Crippen molar-refractivity contribution >= 4 is 29.1 Å². The molecule has 0 radical (unpaired) electrons. The van der Waals surface area contributed by atoms with Crippen LogP contribution in [0.25, 0.3) is 0 Å². The maximum atomic E-state index is 12.2. The summed E-state index contributed by atoms with van der Waals surface area (Å²) in [6.07, 6.45) is 4.32. The maximum Gasteiger partial charge on any atom is 0.273 e. The van der Waals surface area contributed by atoms with Gasteiger partial charge in [-0.05, 0) is 44.0 Å². The molecule has 0 aliphatic carbocycles. The molecular weight excluding hydrogens is 349 g/mol. The van der Waals surface area contributed by atoms with E-state index in [4.69, 9.17) is 23.2 Å². The van der Waals surface area contributed by atoms with Gasteiger partial charge in [0.1, 0.15) is 0 Å². The van der Waals surface area contributed by atoms with E-state index < -0.39 is 0 Å². The predicted molar refractivity (Wildman–Crippen MR) is 93.7 cm³/mol. The fourth-order valence-electron chi connectivity index (χ4n) is 2.77. The first-order valence-electron chi connectivity index (χ1n) is 7.99. The van der Waals surface area contributed by atoms with E-state index in [2.05, 4.69) is 20.9 Å². The van der Waals surface area contributed by atoms with E-state index in [1.165, 1.54) is 0 Å². The summed E-state index contributed by atoms with van der Waals surface area (Å²) in [6.45, 7) is 2.39. The van der Waals surface area contributed by atoms with Gasteiger partial charge in [-0.2, -0.15) is 0 Å². The SMILES string of the molecule is O=C(NCCc1cccc(Cl)c1Cl)c1cn(C2CCNCC2)nn1. The molecule has 1 aliphatic rings. The zero-order chi connectivity index (χ0) is 16.9. The van der Waals surface area contributed by atoms with Crippen molar-refractivity contribution in [1.82, 2.24) is 25.6 Å². The Morgan fingerprint density at radius 2 is 2.12 bits per heavy atom. The molecule has 1 saturated heterocycles. The number of nitrogens with zero attached hydrogens (tertiary/aromatic N) is 3. The van der Waals surface area contributed by atoms with Crippen molar-refractivity contribution in [2.24, 2.45) is 0 Å². The number of carbonyl (C=O) groups excluding carboxylic acids is 1. The van der Waals surface area contributed by atoms with Gasteiger partial charge in [0.2, 0.25) is 0 Å². The third-order valence-corrected chi connectivity index (χ3v) is 5.00. The third kappa shape index (κ3) is 4.06. The molecule has 0 atom stereocenters. The van der Waals surface area contributed by atoms with Crippen LogP contribution in [-0.2, 0) is 6.42 Å². The van der Waals surface area contributed by atoms with Gasteiger partial charge >= 0.3 is 0 Å². The Morgan fingerprint density at radius 1 is 1.33 bits per heavy atom. The van der Waals surface area contributed by atoms with Crippen LogP contribution in [0.5, 0.6) is 0 Å². The first kappa shape index (κ1) is 17.2. The minimum Gasteiger partial charge on any atom is -0.350 e. The second kappa shape index (κ2) is 7.96. The van der Waals surface area contributed by atoms with Gasteiger partial charge in [-0.3, -0.25) is 4.79 Å². The van der Waals surface area contributed by atoms with Gasteiger partial charge in [0, 0.05) is 6.54 Å². The Balaban J connectivity index is 1.53. The minimum atomic E-state index is -0.228. The zero-order valence-electron chi connectivity index (χ0n) is 13.1. The predicted octanol–water partition coefficient (Wildman–Crippen LogP) is 2.48. The highest BCUT2D eigenvalue weighted by molar-refractivity contribution is 6.42. The topological polar surface area (TPSA) is 71.8 Å². The summed E-state index contributed by atoms with van der Waals surface area (Å²) in [4.78, 5) is 12.2. The molecule has 0 bridgehead atoms. The van der Waals surface area contributed by atoms with Crippen LogP contribution in [0, 0.1) is 0 Å². The average Bonchev–Trinajstić information content (AvgIpc) is 3.09. The van der Waals surface area contributed by atoms with Crippen molar-refractivity contribution < 1.29 is 4.79 Å². The summed E-state index contributed by atoms with van der Waals surface area (Å²) < 4.78 is 1.80. The highest BCUT2D eigenvalue weighted by Gasteiger charge is 2.18. The quantitative estimate of drug-likeness (QED) is 0.851. The van der Waals surface area contributed by atoms with E-state index in [1.54, 1.807) is 16.9 Å². The highest BCUT2D eigenvalue weighted by atomic mass is 35.5. The lowest BCUT2D eigenvalue weighted by Gasteiger charge is -2.22. The van der Waals surface area contributed by atoms with Crippen LogP contribution in [0.1, 0.15) is 34.9 Å². The summed E-state index contributed by atoms with van der Waals surface area (Å²) in [6, 6.07) is 5.79. The fraction of sp³-hybridized carbons (Fsp3) is 0.438. The zero-order valence-corrected chi connectivity index (χ0v) is 14.6. The van der Waals surface area contributed by atoms with Crippen molar-refractivity contribution in [1.29, 1.82) is 0 Å². The fourth-order valence-corrected chi connectivity index (χ4v) is 3.19. The van der Waals surface area contributed by atoms with Crippen molar-refractivity contribution in [3.8, 4) is 0 Å². The lowest BCUT2D eigenvalue weighted by molar-refractivity contribution is 0.0949. The molecule has 1 aromatic carbocycles. The molecular formula is C16H19Cl2N5O. The van der Waals surface area contributed by atoms with Gasteiger partial charge in [0.05, 0.1) is 22.3 Å². The molecule has 128 valence electrons. The molecule has 2 heterocycles. The van der Waals surface area contributed by atoms with E-state index in [-0.39, 0.29) is 5.91 Å². The number of nitrogens with one attached hydrogen (secondary N) is 2. The van der Waals surface area contributed by atoms with Gasteiger partial charge in [-0.1, -0.05) is 40.5 Å². The molecule has 1 amide bonds. The second-order valence-electron chi connectivity index (χ2n) is 5.78. The van der Waals surface area contributed by atoms with E-state index in [0.29, 0.717) is 34.7 Å².